The first-order valence-corrected chi connectivity index (χ1v) is 8.69. The Kier molecular flexibility index (Phi) is 4.35. The molecule has 3 heteroatoms. The summed E-state index contributed by atoms with van der Waals surface area (Å²) >= 11 is 0. The van der Waals surface area contributed by atoms with E-state index in [-0.39, 0.29) is 5.60 Å². The molecule has 1 fully saturated rings. The average molecular weight is 302 g/mol. The zero-order valence-corrected chi connectivity index (χ0v) is 14.5. The summed E-state index contributed by atoms with van der Waals surface area (Å²) in [6, 6.07) is 6.61. The maximum atomic E-state index is 6.02. The Morgan fingerprint density at radius 1 is 1.23 bits per heavy atom. The van der Waals surface area contributed by atoms with Gasteiger partial charge in [-0.15, -0.1) is 0 Å². The van der Waals surface area contributed by atoms with Crippen LogP contribution in [0.4, 0.5) is 5.69 Å². The fourth-order valence-electron chi connectivity index (χ4n) is 3.86. The van der Waals surface area contributed by atoms with Crippen LogP contribution in [0.5, 0.6) is 5.75 Å². The highest BCUT2D eigenvalue weighted by Gasteiger charge is 2.26. The smallest absolute Gasteiger partial charge is 0.143 e. The van der Waals surface area contributed by atoms with E-state index in [0.29, 0.717) is 0 Å². The van der Waals surface area contributed by atoms with Crippen molar-refractivity contribution in [1.29, 1.82) is 0 Å². The number of likely N-dealkylation sites (tertiary alicyclic amines) is 1. The Morgan fingerprint density at radius 3 is 2.68 bits per heavy atom. The average Bonchev–Trinajstić information content (AvgIpc) is 2.43. The molecule has 1 N–H and O–H groups in total. The van der Waals surface area contributed by atoms with Gasteiger partial charge in [-0.3, -0.25) is 0 Å². The summed E-state index contributed by atoms with van der Waals surface area (Å²) in [7, 11) is 0. The van der Waals surface area contributed by atoms with Crippen LogP contribution < -0.4 is 10.1 Å². The van der Waals surface area contributed by atoms with Crippen molar-refractivity contribution in [2.45, 2.75) is 46.1 Å². The Morgan fingerprint density at radius 2 is 1.95 bits per heavy atom. The van der Waals surface area contributed by atoms with E-state index in [1.165, 1.54) is 31.6 Å². The maximum absolute atomic E-state index is 6.02. The van der Waals surface area contributed by atoms with Gasteiger partial charge in [0, 0.05) is 19.6 Å². The predicted octanol–water partition coefficient (Wildman–Crippen LogP) is 3.79. The molecule has 2 unspecified atom stereocenters. The molecular weight excluding hydrogens is 272 g/mol. The molecule has 0 saturated carbocycles. The summed E-state index contributed by atoms with van der Waals surface area (Å²) in [5, 5.41) is 3.51. The first-order chi connectivity index (χ1) is 10.4. The summed E-state index contributed by atoms with van der Waals surface area (Å²) in [5.41, 5.74) is 2.44. The molecular formula is C19H30N2O. The Bertz CT molecular complexity index is 516. The molecule has 1 aromatic carbocycles. The van der Waals surface area contributed by atoms with Crippen molar-refractivity contribution in [3.63, 3.8) is 0 Å². The highest BCUT2D eigenvalue weighted by atomic mass is 16.5. The van der Waals surface area contributed by atoms with Crippen molar-refractivity contribution in [3.05, 3.63) is 23.8 Å². The quantitative estimate of drug-likeness (QED) is 0.919. The summed E-state index contributed by atoms with van der Waals surface area (Å²) in [6.07, 6.45) is 2.50. The van der Waals surface area contributed by atoms with Gasteiger partial charge in [0.25, 0.3) is 0 Å². The van der Waals surface area contributed by atoms with Gasteiger partial charge in [-0.1, -0.05) is 19.9 Å². The molecule has 1 saturated heterocycles. The van der Waals surface area contributed by atoms with E-state index in [1.54, 1.807) is 0 Å². The second-order valence-corrected chi connectivity index (χ2v) is 8.00. The number of anilines is 1. The van der Waals surface area contributed by atoms with Gasteiger partial charge in [-0.05, 0) is 56.2 Å². The molecule has 122 valence electrons. The minimum Gasteiger partial charge on any atom is -0.484 e. The molecule has 0 bridgehead atoms. The molecule has 2 aliphatic heterocycles. The van der Waals surface area contributed by atoms with Crippen molar-refractivity contribution in [2.75, 3.05) is 31.5 Å². The number of nitrogens with one attached hydrogen (secondary N) is 1. The van der Waals surface area contributed by atoms with Crippen LogP contribution in [-0.4, -0.2) is 36.7 Å². The van der Waals surface area contributed by atoms with E-state index in [1.807, 2.05) is 0 Å². The highest BCUT2D eigenvalue weighted by molar-refractivity contribution is 5.60. The molecule has 3 rings (SSSR count). The lowest BCUT2D eigenvalue weighted by molar-refractivity contribution is 0.116. The number of piperidine rings is 1. The molecule has 2 atom stereocenters. The van der Waals surface area contributed by atoms with Crippen LogP contribution in [0.3, 0.4) is 0 Å². The monoisotopic (exact) mass is 302 g/mol. The summed E-state index contributed by atoms with van der Waals surface area (Å²) in [4.78, 5) is 2.63. The molecule has 2 aliphatic rings. The Balaban J connectivity index is 1.60. The van der Waals surface area contributed by atoms with Gasteiger partial charge in [0.05, 0.1) is 12.2 Å². The van der Waals surface area contributed by atoms with E-state index >= 15 is 0 Å². The van der Waals surface area contributed by atoms with Crippen molar-refractivity contribution < 1.29 is 4.74 Å². The summed E-state index contributed by atoms with van der Waals surface area (Å²) < 4.78 is 6.02. The standard InChI is InChI=1S/C19H30N2O/c1-14-9-15(2)12-21(11-14)8-7-16-5-6-18-17(10-16)20-13-19(3,4)22-18/h5-6,10,14-15,20H,7-9,11-13H2,1-4H3. The molecule has 0 aromatic heterocycles. The second kappa shape index (κ2) is 6.11. The lowest BCUT2D eigenvalue weighted by Gasteiger charge is -2.35. The lowest BCUT2D eigenvalue weighted by atomic mass is 9.91. The largest absolute Gasteiger partial charge is 0.484 e. The van der Waals surface area contributed by atoms with Crippen LogP contribution in [-0.2, 0) is 6.42 Å². The van der Waals surface area contributed by atoms with Crippen LogP contribution in [0.25, 0.3) is 0 Å². The third-order valence-corrected chi connectivity index (χ3v) is 4.80. The molecule has 3 nitrogen and oxygen atoms in total. The fraction of sp³-hybridized carbons (Fsp3) is 0.684. The number of nitrogens with zero attached hydrogens (tertiary/aromatic N) is 1. The number of hydrogen-bond donors (Lipinski definition) is 1. The molecule has 1 aromatic rings. The van der Waals surface area contributed by atoms with Gasteiger partial charge in [0.2, 0.25) is 0 Å². The fourth-order valence-corrected chi connectivity index (χ4v) is 3.86. The van der Waals surface area contributed by atoms with E-state index < -0.39 is 0 Å². The molecule has 0 amide bonds. The minimum atomic E-state index is -0.116. The maximum Gasteiger partial charge on any atom is 0.143 e. The normalized spacial score (nSPS) is 27.6. The molecule has 22 heavy (non-hydrogen) atoms. The van der Waals surface area contributed by atoms with E-state index in [9.17, 15) is 0 Å². The highest BCUT2D eigenvalue weighted by Crippen LogP contribution is 2.33. The van der Waals surface area contributed by atoms with Gasteiger partial charge in [-0.2, -0.15) is 0 Å². The topological polar surface area (TPSA) is 24.5 Å². The van der Waals surface area contributed by atoms with Gasteiger partial charge in [0.1, 0.15) is 11.4 Å². The first kappa shape index (κ1) is 15.7. The van der Waals surface area contributed by atoms with Crippen LogP contribution in [0.2, 0.25) is 0 Å². The zero-order chi connectivity index (χ0) is 15.7. The van der Waals surface area contributed by atoms with Gasteiger partial charge in [0.15, 0.2) is 0 Å². The minimum absolute atomic E-state index is 0.116. The van der Waals surface area contributed by atoms with Crippen LogP contribution >= 0.6 is 0 Å². The number of fused-ring (bicyclic) bond motifs is 1. The van der Waals surface area contributed by atoms with Crippen molar-refractivity contribution >= 4 is 5.69 Å². The summed E-state index contributed by atoms with van der Waals surface area (Å²) in [5.74, 6) is 2.66. The van der Waals surface area contributed by atoms with E-state index in [2.05, 4.69) is 56.1 Å². The molecule has 0 radical (unpaired) electrons. The van der Waals surface area contributed by atoms with Gasteiger partial charge in [-0.25, -0.2) is 0 Å². The number of benzene rings is 1. The van der Waals surface area contributed by atoms with Gasteiger partial charge < -0.3 is 15.0 Å². The van der Waals surface area contributed by atoms with E-state index in [0.717, 1.165) is 36.2 Å². The van der Waals surface area contributed by atoms with Crippen molar-refractivity contribution in [3.8, 4) is 5.75 Å². The third kappa shape index (κ3) is 3.75. The lowest BCUT2D eigenvalue weighted by Crippen LogP contribution is -2.40. The third-order valence-electron chi connectivity index (χ3n) is 4.80. The van der Waals surface area contributed by atoms with Crippen molar-refractivity contribution in [2.24, 2.45) is 11.8 Å². The molecule has 0 spiro atoms. The van der Waals surface area contributed by atoms with Crippen LogP contribution in [0, 0.1) is 11.8 Å². The van der Waals surface area contributed by atoms with E-state index in [4.69, 9.17) is 4.74 Å². The Hall–Kier alpha value is -1.22. The van der Waals surface area contributed by atoms with Crippen LogP contribution in [0.15, 0.2) is 18.2 Å². The van der Waals surface area contributed by atoms with Gasteiger partial charge >= 0.3 is 0 Å². The first-order valence-electron chi connectivity index (χ1n) is 8.69. The zero-order valence-electron chi connectivity index (χ0n) is 14.5. The number of rotatable bonds is 3. The molecule has 0 aliphatic carbocycles. The van der Waals surface area contributed by atoms with Crippen molar-refractivity contribution in [1.82, 2.24) is 4.90 Å². The summed E-state index contributed by atoms with van der Waals surface area (Å²) in [6.45, 7) is 13.5. The Labute approximate surface area is 135 Å². The molecule has 2 heterocycles. The second-order valence-electron chi connectivity index (χ2n) is 8.00. The van der Waals surface area contributed by atoms with Crippen LogP contribution in [0.1, 0.15) is 39.7 Å². The number of hydrogen-bond acceptors (Lipinski definition) is 3. The number of ether oxygens (including phenoxy) is 1. The SMILES string of the molecule is CC1CC(C)CN(CCc2ccc3c(c2)NCC(C)(C)O3)C1. The predicted molar refractivity (Wildman–Crippen MR) is 92.7 cm³/mol.